The fraction of sp³-hybridized carbons (Fsp3) is 0.812. The number of fused-ring (bicyclic) bond motifs is 1. The molecule has 1 aromatic rings. The number of aryl methyl sites for hydroxylation is 2. The van der Waals surface area contributed by atoms with E-state index in [1.165, 1.54) is 44.5 Å². The van der Waals surface area contributed by atoms with Gasteiger partial charge in [-0.05, 0) is 38.0 Å². The Morgan fingerprint density at radius 3 is 2.70 bits per heavy atom. The second kappa shape index (κ2) is 5.66. The number of hydrogen-bond acceptors (Lipinski definition) is 3. The van der Waals surface area contributed by atoms with Gasteiger partial charge in [0.1, 0.15) is 0 Å². The van der Waals surface area contributed by atoms with Crippen molar-refractivity contribution in [3.05, 3.63) is 5.69 Å². The third kappa shape index (κ3) is 2.40. The smallest absolute Gasteiger partial charge is 0.150 e. The van der Waals surface area contributed by atoms with E-state index in [4.69, 9.17) is 5.73 Å². The van der Waals surface area contributed by atoms with E-state index in [1.807, 2.05) is 6.92 Å². The van der Waals surface area contributed by atoms with Crippen molar-refractivity contribution in [1.29, 1.82) is 0 Å². The number of nitrogens with zero attached hydrogens (tertiary/aromatic N) is 3. The van der Waals surface area contributed by atoms with Gasteiger partial charge in [-0.2, -0.15) is 5.10 Å². The average molecular weight is 276 g/mol. The summed E-state index contributed by atoms with van der Waals surface area (Å²) in [6.07, 6.45) is 8.14. The van der Waals surface area contributed by atoms with Crippen LogP contribution in [-0.4, -0.2) is 22.9 Å². The predicted octanol–water partition coefficient (Wildman–Crippen LogP) is 3.20. The van der Waals surface area contributed by atoms with Crippen LogP contribution in [0.3, 0.4) is 0 Å². The van der Waals surface area contributed by atoms with Crippen molar-refractivity contribution in [1.82, 2.24) is 9.78 Å². The fourth-order valence-electron chi connectivity index (χ4n) is 4.08. The molecule has 1 saturated carbocycles. The molecule has 1 saturated heterocycles. The summed E-state index contributed by atoms with van der Waals surface area (Å²) in [6.45, 7) is 7.53. The molecule has 4 heteroatoms. The lowest BCUT2D eigenvalue weighted by Crippen LogP contribution is -2.43. The van der Waals surface area contributed by atoms with Gasteiger partial charge in [0, 0.05) is 19.6 Å². The minimum absolute atomic E-state index is 0.877. The van der Waals surface area contributed by atoms with Gasteiger partial charge in [-0.25, -0.2) is 4.68 Å². The highest BCUT2D eigenvalue weighted by atomic mass is 15.4. The van der Waals surface area contributed by atoms with Crippen LogP contribution in [-0.2, 0) is 6.54 Å². The van der Waals surface area contributed by atoms with E-state index >= 15 is 0 Å². The molecule has 0 spiro atoms. The molecule has 0 amide bonds. The van der Waals surface area contributed by atoms with Gasteiger partial charge in [-0.1, -0.05) is 26.2 Å². The number of nitrogen functional groups attached to an aromatic ring is 1. The first-order valence-electron chi connectivity index (χ1n) is 8.28. The van der Waals surface area contributed by atoms with Gasteiger partial charge in [0.2, 0.25) is 0 Å². The van der Waals surface area contributed by atoms with Crippen molar-refractivity contribution >= 4 is 11.5 Å². The molecule has 1 aromatic heterocycles. The molecule has 3 rings (SSSR count). The van der Waals surface area contributed by atoms with Gasteiger partial charge < -0.3 is 10.6 Å². The molecular formula is C16H28N4. The van der Waals surface area contributed by atoms with E-state index in [-0.39, 0.29) is 0 Å². The topological polar surface area (TPSA) is 47.1 Å². The molecular weight excluding hydrogens is 248 g/mol. The first-order chi connectivity index (χ1) is 9.70. The predicted molar refractivity (Wildman–Crippen MR) is 83.9 cm³/mol. The van der Waals surface area contributed by atoms with Crippen molar-refractivity contribution in [2.75, 3.05) is 23.7 Å². The Morgan fingerprint density at radius 2 is 1.95 bits per heavy atom. The quantitative estimate of drug-likeness (QED) is 0.922. The van der Waals surface area contributed by atoms with Crippen molar-refractivity contribution < 1.29 is 0 Å². The first kappa shape index (κ1) is 13.8. The fourth-order valence-corrected chi connectivity index (χ4v) is 4.08. The summed E-state index contributed by atoms with van der Waals surface area (Å²) >= 11 is 0. The zero-order valence-electron chi connectivity index (χ0n) is 12.9. The van der Waals surface area contributed by atoms with Crippen LogP contribution in [0, 0.1) is 18.8 Å². The molecule has 0 aromatic carbocycles. The lowest BCUT2D eigenvalue weighted by atomic mass is 9.75. The summed E-state index contributed by atoms with van der Waals surface area (Å²) in [5, 5.41) is 4.63. The molecule has 0 radical (unpaired) electrons. The third-order valence-electron chi connectivity index (χ3n) is 5.17. The normalized spacial score (nSPS) is 26.6. The largest absolute Gasteiger partial charge is 0.394 e. The molecule has 4 nitrogen and oxygen atoms in total. The van der Waals surface area contributed by atoms with Crippen LogP contribution in [0.25, 0.3) is 0 Å². The molecule has 2 aliphatic rings. The van der Waals surface area contributed by atoms with Crippen molar-refractivity contribution in [3.63, 3.8) is 0 Å². The summed E-state index contributed by atoms with van der Waals surface area (Å²) in [6, 6.07) is 0. The van der Waals surface area contributed by atoms with Crippen LogP contribution in [0.4, 0.5) is 11.5 Å². The molecule has 2 unspecified atom stereocenters. The summed E-state index contributed by atoms with van der Waals surface area (Å²) in [7, 11) is 0. The van der Waals surface area contributed by atoms with E-state index in [2.05, 4.69) is 21.6 Å². The van der Waals surface area contributed by atoms with E-state index < -0.39 is 0 Å². The van der Waals surface area contributed by atoms with E-state index in [0.29, 0.717) is 0 Å². The summed E-state index contributed by atoms with van der Waals surface area (Å²) < 4.78 is 2.13. The number of anilines is 2. The Hall–Kier alpha value is -1.19. The number of piperidine rings is 1. The lowest BCUT2D eigenvalue weighted by molar-refractivity contribution is 0.201. The van der Waals surface area contributed by atoms with Crippen LogP contribution in [0.2, 0.25) is 0 Å². The number of rotatable bonds is 3. The number of hydrogen-bond donors (Lipinski definition) is 1. The highest BCUT2D eigenvalue weighted by molar-refractivity contribution is 5.66. The van der Waals surface area contributed by atoms with Gasteiger partial charge in [0.15, 0.2) is 5.82 Å². The monoisotopic (exact) mass is 276 g/mol. The molecule has 20 heavy (non-hydrogen) atoms. The van der Waals surface area contributed by atoms with Crippen LogP contribution < -0.4 is 10.6 Å². The second-order valence-corrected chi connectivity index (χ2v) is 6.59. The summed E-state index contributed by atoms with van der Waals surface area (Å²) in [4.78, 5) is 2.51. The second-order valence-electron chi connectivity index (χ2n) is 6.59. The molecule has 112 valence electrons. The zero-order valence-corrected chi connectivity index (χ0v) is 12.9. The third-order valence-corrected chi connectivity index (χ3v) is 5.17. The van der Waals surface area contributed by atoms with Crippen molar-refractivity contribution in [2.45, 2.75) is 58.9 Å². The van der Waals surface area contributed by atoms with Crippen LogP contribution in [0.1, 0.15) is 51.1 Å². The molecule has 2 atom stereocenters. The van der Waals surface area contributed by atoms with Gasteiger partial charge in [0.25, 0.3) is 0 Å². The molecule has 2 fully saturated rings. The van der Waals surface area contributed by atoms with Crippen molar-refractivity contribution in [2.24, 2.45) is 11.8 Å². The highest BCUT2D eigenvalue weighted by Gasteiger charge is 2.33. The van der Waals surface area contributed by atoms with Crippen LogP contribution >= 0.6 is 0 Å². The minimum atomic E-state index is 0.877. The molecule has 2 N–H and O–H groups in total. The summed E-state index contributed by atoms with van der Waals surface area (Å²) in [5.74, 6) is 3.03. The number of nitrogens with two attached hydrogens (primary N) is 1. The Kier molecular flexibility index (Phi) is 3.90. The highest BCUT2D eigenvalue weighted by Crippen LogP contribution is 2.39. The van der Waals surface area contributed by atoms with Crippen LogP contribution in [0.5, 0.6) is 0 Å². The zero-order chi connectivity index (χ0) is 14.1. The maximum absolute atomic E-state index is 6.31. The van der Waals surface area contributed by atoms with Gasteiger partial charge in [-0.3, -0.25) is 0 Å². The van der Waals surface area contributed by atoms with Crippen molar-refractivity contribution in [3.8, 4) is 0 Å². The Morgan fingerprint density at radius 1 is 1.20 bits per heavy atom. The molecule has 1 aliphatic heterocycles. The van der Waals surface area contributed by atoms with Crippen LogP contribution in [0.15, 0.2) is 0 Å². The number of aromatic nitrogens is 2. The molecule has 0 bridgehead atoms. The Balaban J connectivity index is 1.82. The average Bonchev–Trinajstić information content (AvgIpc) is 2.74. The molecule has 2 heterocycles. The minimum Gasteiger partial charge on any atom is -0.394 e. The standard InChI is InChI=1S/C16H28N4/c1-3-9-20-16(15(17)12(2)18-20)19-10-8-13-6-4-5-7-14(13)11-19/h13-14H,3-11,17H2,1-2H3. The summed E-state index contributed by atoms with van der Waals surface area (Å²) in [5.41, 5.74) is 8.19. The van der Waals surface area contributed by atoms with Gasteiger partial charge in [-0.15, -0.1) is 0 Å². The first-order valence-corrected chi connectivity index (χ1v) is 8.28. The molecule has 1 aliphatic carbocycles. The lowest BCUT2D eigenvalue weighted by Gasteiger charge is -2.42. The van der Waals surface area contributed by atoms with Gasteiger partial charge >= 0.3 is 0 Å². The Labute approximate surface area is 122 Å². The SMILES string of the molecule is CCCn1nc(C)c(N)c1N1CCC2CCCCC2C1. The Bertz CT molecular complexity index is 465. The maximum atomic E-state index is 6.31. The van der Waals surface area contributed by atoms with E-state index in [0.717, 1.165) is 42.7 Å². The van der Waals surface area contributed by atoms with E-state index in [1.54, 1.807) is 0 Å². The maximum Gasteiger partial charge on any atom is 0.150 e. The van der Waals surface area contributed by atoms with Gasteiger partial charge in [0.05, 0.1) is 11.4 Å². The van der Waals surface area contributed by atoms with E-state index in [9.17, 15) is 0 Å².